The third kappa shape index (κ3) is 5.14. The molecule has 0 spiro atoms. The van der Waals surface area contributed by atoms with E-state index in [4.69, 9.17) is 19.2 Å². The van der Waals surface area contributed by atoms with E-state index >= 15 is 0 Å². The molecule has 6 nitrogen and oxygen atoms in total. The van der Waals surface area contributed by atoms with Gasteiger partial charge in [0.2, 0.25) is 0 Å². The minimum Gasteiger partial charge on any atom is -0.497 e. The lowest BCUT2D eigenvalue weighted by molar-refractivity contribution is 0.102. The molecule has 0 saturated carbocycles. The van der Waals surface area contributed by atoms with Crippen LogP contribution in [0.2, 0.25) is 0 Å². The predicted molar refractivity (Wildman–Crippen MR) is 138 cm³/mol. The molecule has 1 heterocycles. The van der Waals surface area contributed by atoms with Gasteiger partial charge in [0.25, 0.3) is 0 Å². The number of benzene rings is 2. The van der Waals surface area contributed by atoms with Crippen molar-refractivity contribution in [2.45, 2.75) is 44.9 Å². The first-order valence-corrected chi connectivity index (χ1v) is 12.5. The van der Waals surface area contributed by atoms with Crippen molar-refractivity contribution in [3.63, 3.8) is 0 Å². The van der Waals surface area contributed by atoms with Crippen molar-refractivity contribution in [2.24, 2.45) is 5.92 Å². The number of nitrogens with zero attached hydrogens (tertiary/aromatic N) is 1. The summed E-state index contributed by atoms with van der Waals surface area (Å²) in [6, 6.07) is 16.5. The van der Waals surface area contributed by atoms with Gasteiger partial charge in [0, 0.05) is 31.6 Å². The number of ether oxygens (including phenoxy) is 3. The molecule has 2 aromatic carbocycles. The summed E-state index contributed by atoms with van der Waals surface area (Å²) in [5.41, 5.74) is 8.90. The smallest absolute Gasteiger partial charge is 0.118 e. The summed E-state index contributed by atoms with van der Waals surface area (Å²) >= 11 is 0. The second-order valence-electron chi connectivity index (χ2n) is 9.49. The van der Waals surface area contributed by atoms with Gasteiger partial charge in [-0.2, -0.15) is 0 Å². The van der Waals surface area contributed by atoms with Crippen LogP contribution in [0.4, 0.5) is 5.69 Å². The molecular formula is C29H35N3O3. The Hall–Kier alpha value is -3.09. The minimum atomic E-state index is 0.101. The fourth-order valence-corrected chi connectivity index (χ4v) is 5.37. The summed E-state index contributed by atoms with van der Waals surface area (Å²) in [5.74, 6) is 2.32. The van der Waals surface area contributed by atoms with Crippen molar-refractivity contribution in [1.82, 2.24) is 10.3 Å². The molecular weight excluding hydrogens is 438 g/mol. The van der Waals surface area contributed by atoms with E-state index in [2.05, 4.69) is 34.9 Å². The average Bonchev–Trinajstić information content (AvgIpc) is 3.50. The standard InChI is InChI=1S/C29H35N3O3/c1-33-22-8-4-19(5-9-22)16-30-17-21-14-25-26(15-21)32-29-24(12-13-27(29)35-3)28(25)31-18-20-6-10-23(34-2)11-7-20/h4-11,21,27,30H,12-18H2,1-3H3,(H,31,32)/t21-,27?/m0/s1. The summed E-state index contributed by atoms with van der Waals surface area (Å²) in [7, 11) is 5.19. The van der Waals surface area contributed by atoms with Crippen LogP contribution in [0, 0.1) is 5.92 Å². The molecule has 0 saturated heterocycles. The summed E-state index contributed by atoms with van der Waals surface area (Å²) in [5, 5.41) is 7.44. The Morgan fingerprint density at radius 2 is 1.49 bits per heavy atom. The van der Waals surface area contributed by atoms with Crippen LogP contribution in [0.25, 0.3) is 0 Å². The molecule has 3 aromatic rings. The Labute approximate surface area is 208 Å². The topological polar surface area (TPSA) is 64.6 Å². The predicted octanol–water partition coefficient (Wildman–Crippen LogP) is 4.85. The number of nitrogens with one attached hydrogen (secondary N) is 2. The lowest BCUT2D eigenvalue weighted by Gasteiger charge is -2.17. The molecule has 1 unspecified atom stereocenters. The number of hydrogen-bond acceptors (Lipinski definition) is 6. The third-order valence-electron chi connectivity index (χ3n) is 7.29. The first kappa shape index (κ1) is 23.6. The van der Waals surface area contributed by atoms with Crippen LogP contribution < -0.4 is 20.1 Å². The second kappa shape index (κ2) is 10.7. The highest BCUT2D eigenvalue weighted by atomic mass is 16.5. The Kier molecular flexibility index (Phi) is 7.21. The maximum Gasteiger partial charge on any atom is 0.118 e. The van der Waals surface area contributed by atoms with Crippen molar-refractivity contribution in [3.05, 3.63) is 82.2 Å². The second-order valence-corrected chi connectivity index (χ2v) is 9.49. The lowest BCUT2D eigenvalue weighted by atomic mass is 10.0. The van der Waals surface area contributed by atoms with Crippen molar-refractivity contribution in [1.29, 1.82) is 0 Å². The number of pyridine rings is 1. The Morgan fingerprint density at radius 3 is 2.11 bits per heavy atom. The Morgan fingerprint density at radius 1 is 0.829 bits per heavy atom. The molecule has 2 aliphatic carbocycles. The van der Waals surface area contributed by atoms with E-state index in [-0.39, 0.29) is 6.10 Å². The summed E-state index contributed by atoms with van der Waals surface area (Å²) in [6.45, 7) is 2.61. The van der Waals surface area contributed by atoms with Crippen molar-refractivity contribution >= 4 is 5.69 Å². The van der Waals surface area contributed by atoms with Crippen LogP contribution in [0.1, 0.15) is 46.2 Å². The van der Waals surface area contributed by atoms with Crippen LogP contribution in [0.15, 0.2) is 48.5 Å². The lowest BCUT2D eigenvalue weighted by Crippen LogP contribution is -2.22. The minimum absolute atomic E-state index is 0.101. The van der Waals surface area contributed by atoms with Gasteiger partial charge in [0.15, 0.2) is 0 Å². The van der Waals surface area contributed by atoms with E-state index in [1.807, 2.05) is 24.3 Å². The first-order valence-electron chi connectivity index (χ1n) is 12.5. The highest BCUT2D eigenvalue weighted by Gasteiger charge is 2.33. The number of rotatable bonds is 10. The van der Waals surface area contributed by atoms with Gasteiger partial charge in [0.1, 0.15) is 11.5 Å². The largest absolute Gasteiger partial charge is 0.497 e. The molecule has 5 rings (SSSR count). The van der Waals surface area contributed by atoms with E-state index in [0.29, 0.717) is 5.92 Å². The van der Waals surface area contributed by atoms with Crippen LogP contribution >= 0.6 is 0 Å². The highest BCUT2D eigenvalue weighted by Crippen LogP contribution is 2.42. The molecule has 0 fully saturated rings. The number of methoxy groups -OCH3 is 3. The van der Waals surface area contributed by atoms with E-state index in [1.165, 1.54) is 33.6 Å². The van der Waals surface area contributed by atoms with Gasteiger partial charge >= 0.3 is 0 Å². The zero-order valence-corrected chi connectivity index (χ0v) is 20.9. The molecule has 0 bridgehead atoms. The van der Waals surface area contributed by atoms with Gasteiger partial charge in [0.05, 0.1) is 26.0 Å². The van der Waals surface area contributed by atoms with E-state index in [1.54, 1.807) is 21.3 Å². The van der Waals surface area contributed by atoms with Gasteiger partial charge < -0.3 is 24.8 Å². The number of anilines is 1. The fourth-order valence-electron chi connectivity index (χ4n) is 5.37. The van der Waals surface area contributed by atoms with Crippen molar-refractivity contribution in [2.75, 3.05) is 33.2 Å². The maximum absolute atomic E-state index is 5.77. The zero-order chi connectivity index (χ0) is 24.2. The van der Waals surface area contributed by atoms with Gasteiger partial charge in [-0.05, 0) is 84.7 Å². The molecule has 2 atom stereocenters. The van der Waals surface area contributed by atoms with Gasteiger partial charge in [-0.15, -0.1) is 0 Å². The summed E-state index contributed by atoms with van der Waals surface area (Å²) < 4.78 is 16.3. The van der Waals surface area contributed by atoms with E-state index in [0.717, 1.165) is 62.5 Å². The Balaban J connectivity index is 1.28. The van der Waals surface area contributed by atoms with Gasteiger partial charge in [-0.1, -0.05) is 24.3 Å². The van der Waals surface area contributed by atoms with E-state index < -0.39 is 0 Å². The van der Waals surface area contributed by atoms with Gasteiger partial charge in [-0.3, -0.25) is 4.98 Å². The van der Waals surface area contributed by atoms with Gasteiger partial charge in [-0.25, -0.2) is 0 Å². The zero-order valence-electron chi connectivity index (χ0n) is 20.9. The molecule has 6 heteroatoms. The van der Waals surface area contributed by atoms with Crippen LogP contribution in [-0.4, -0.2) is 32.9 Å². The third-order valence-corrected chi connectivity index (χ3v) is 7.29. The average molecular weight is 474 g/mol. The first-order chi connectivity index (χ1) is 17.2. The molecule has 2 N–H and O–H groups in total. The van der Waals surface area contributed by atoms with Crippen molar-refractivity contribution in [3.8, 4) is 11.5 Å². The highest BCUT2D eigenvalue weighted by molar-refractivity contribution is 5.64. The fraction of sp³-hybridized carbons (Fsp3) is 0.414. The molecule has 0 aliphatic heterocycles. The molecule has 0 radical (unpaired) electrons. The molecule has 1 aromatic heterocycles. The number of hydrogen-bond donors (Lipinski definition) is 2. The quantitative estimate of drug-likeness (QED) is 0.439. The molecule has 2 aliphatic rings. The molecule has 0 amide bonds. The Bertz CT molecular complexity index is 1150. The van der Waals surface area contributed by atoms with Crippen LogP contribution in [0.5, 0.6) is 11.5 Å². The number of fused-ring (bicyclic) bond motifs is 2. The summed E-state index contributed by atoms with van der Waals surface area (Å²) in [6.07, 6.45) is 4.18. The summed E-state index contributed by atoms with van der Waals surface area (Å²) in [4.78, 5) is 5.14. The van der Waals surface area contributed by atoms with E-state index in [9.17, 15) is 0 Å². The molecule has 35 heavy (non-hydrogen) atoms. The van der Waals surface area contributed by atoms with Crippen LogP contribution in [-0.2, 0) is 37.1 Å². The normalized spacial score (nSPS) is 18.3. The SMILES string of the molecule is COc1ccc(CNC[C@@H]2Cc3nc4c(c(NCc5ccc(OC)cc5)c3C2)CCC4OC)cc1. The maximum atomic E-state index is 5.77. The molecule has 184 valence electrons. The number of aromatic nitrogens is 1. The monoisotopic (exact) mass is 473 g/mol. The van der Waals surface area contributed by atoms with Crippen LogP contribution in [0.3, 0.4) is 0 Å². The van der Waals surface area contributed by atoms with Crippen molar-refractivity contribution < 1.29 is 14.2 Å².